The van der Waals surface area contributed by atoms with Crippen molar-refractivity contribution in [3.8, 4) is 0 Å². The average Bonchev–Trinajstić information content (AvgIpc) is 2.44. The zero-order valence-corrected chi connectivity index (χ0v) is 12.1. The topological polar surface area (TPSA) is 24.8 Å². The van der Waals surface area contributed by atoms with Crippen LogP contribution < -0.4 is 0 Å². The van der Waals surface area contributed by atoms with Crippen LogP contribution in [0.4, 0.5) is 0 Å². The van der Waals surface area contributed by atoms with Crippen molar-refractivity contribution in [1.82, 2.24) is 4.90 Å². The quantitative estimate of drug-likeness (QED) is 0.797. The Balaban J connectivity index is 1.59. The average molecular weight is 299 g/mol. The Labute approximate surface area is 123 Å². The number of oxime groups is 1. The number of fused-ring (bicyclic) bond motifs is 3. The zero-order chi connectivity index (χ0) is 13.2. The van der Waals surface area contributed by atoms with Gasteiger partial charge in [-0.3, -0.25) is 4.90 Å². The van der Waals surface area contributed by atoms with Gasteiger partial charge >= 0.3 is 0 Å². The van der Waals surface area contributed by atoms with Gasteiger partial charge in [-0.15, -0.1) is 0 Å². The van der Waals surface area contributed by atoms with E-state index >= 15 is 0 Å². The van der Waals surface area contributed by atoms with E-state index in [1.807, 2.05) is 12.1 Å². The van der Waals surface area contributed by atoms with E-state index in [9.17, 15) is 0 Å². The lowest BCUT2D eigenvalue weighted by molar-refractivity contribution is 0.118. The van der Waals surface area contributed by atoms with Crippen LogP contribution in [-0.2, 0) is 11.4 Å². The number of hydrogen-bond acceptors (Lipinski definition) is 3. The van der Waals surface area contributed by atoms with Crippen LogP contribution in [0.15, 0.2) is 23.4 Å². The fraction of sp³-hybridized carbons (Fsp3) is 0.500. The number of nitrogens with zero attached hydrogens (tertiary/aromatic N) is 2. The van der Waals surface area contributed by atoms with Gasteiger partial charge in [0.25, 0.3) is 0 Å². The second-order valence-electron chi connectivity index (χ2n) is 5.15. The van der Waals surface area contributed by atoms with E-state index in [0.717, 1.165) is 12.1 Å². The lowest BCUT2D eigenvalue weighted by Crippen LogP contribution is -2.47. The van der Waals surface area contributed by atoms with Gasteiger partial charge in [-0.2, -0.15) is 0 Å². The molecule has 3 nitrogen and oxygen atoms in total. The van der Waals surface area contributed by atoms with E-state index < -0.39 is 0 Å². The monoisotopic (exact) mass is 298 g/mol. The Bertz CT molecular complexity index is 496. The summed E-state index contributed by atoms with van der Waals surface area (Å²) in [6.07, 6.45) is 2.43. The summed E-state index contributed by atoms with van der Waals surface area (Å²) in [4.78, 5) is 7.90. The molecule has 1 aromatic carbocycles. The van der Waals surface area contributed by atoms with Gasteiger partial charge in [-0.25, -0.2) is 0 Å². The zero-order valence-electron chi connectivity index (χ0n) is 10.6. The highest BCUT2D eigenvalue weighted by atomic mass is 35.5. The summed E-state index contributed by atoms with van der Waals surface area (Å²) in [6.45, 7) is 3.81. The molecule has 0 spiro atoms. The molecule has 3 heterocycles. The Hall–Kier alpha value is -0.770. The van der Waals surface area contributed by atoms with Crippen molar-refractivity contribution in [2.24, 2.45) is 11.1 Å². The summed E-state index contributed by atoms with van der Waals surface area (Å²) in [5.41, 5.74) is 2.18. The molecule has 0 radical (unpaired) electrons. The molecule has 0 saturated carbocycles. The van der Waals surface area contributed by atoms with Crippen molar-refractivity contribution >= 4 is 28.9 Å². The smallest absolute Gasteiger partial charge is 0.142 e. The largest absolute Gasteiger partial charge is 0.391 e. The molecule has 0 aliphatic carbocycles. The third-order valence-electron chi connectivity index (χ3n) is 3.84. The molecule has 5 heteroatoms. The molecule has 0 aromatic heterocycles. The molecular weight excluding hydrogens is 283 g/mol. The van der Waals surface area contributed by atoms with Crippen LogP contribution in [0.2, 0.25) is 10.0 Å². The Kier molecular flexibility index (Phi) is 3.96. The van der Waals surface area contributed by atoms with Crippen molar-refractivity contribution in [1.29, 1.82) is 0 Å². The fourth-order valence-corrected chi connectivity index (χ4v) is 3.03. The summed E-state index contributed by atoms with van der Waals surface area (Å²) >= 11 is 11.8. The lowest BCUT2D eigenvalue weighted by atomic mass is 9.87. The highest BCUT2D eigenvalue weighted by Gasteiger charge is 2.31. The minimum Gasteiger partial charge on any atom is -0.391 e. The first kappa shape index (κ1) is 13.2. The first-order chi connectivity index (χ1) is 9.22. The van der Waals surface area contributed by atoms with Crippen molar-refractivity contribution < 1.29 is 4.84 Å². The van der Waals surface area contributed by atoms with Gasteiger partial charge in [0, 0.05) is 12.5 Å². The summed E-state index contributed by atoms with van der Waals surface area (Å²) in [5, 5.41) is 5.43. The van der Waals surface area contributed by atoms with Gasteiger partial charge in [-0.1, -0.05) is 34.4 Å². The van der Waals surface area contributed by atoms with Gasteiger partial charge in [0.05, 0.1) is 15.8 Å². The van der Waals surface area contributed by atoms with Crippen molar-refractivity contribution in [2.45, 2.75) is 19.4 Å². The van der Waals surface area contributed by atoms with Crippen molar-refractivity contribution in [3.05, 3.63) is 33.8 Å². The molecular formula is C14H16Cl2N2O. The van der Waals surface area contributed by atoms with E-state index in [1.165, 1.54) is 31.6 Å². The summed E-state index contributed by atoms with van der Waals surface area (Å²) in [7, 11) is 0. The molecule has 3 fully saturated rings. The van der Waals surface area contributed by atoms with E-state index in [0.29, 0.717) is 22.6 Å². The molecule has 0 N–H and O–H groups in total. The highest BCUT2D eigenvalue weighted by Crippen LogP contribution is 2.26. The van der Waals surface area contributed by atoms with E-state index in [4.69, 9.17) is 28.0 Å². The second-order valence-corrected chi connectivity index (χ2v) is 5.97. The molecule has 0 atom stereocenters. The third kappa shape index (κ3) is 3.04. The molecule has 1 aromatic rings. The fourth-order valence-electron chi connectivity index (χ4n) is 2.71. The van der Waals surface area contributed by atoms with Gasteiger partial charge in [0.2, 0.25) is 0 Å². The second kappa shape index (κ2) is 5.70. The Morgan fingerprint density at radius 2 is 2.00 bits per heavy atom. The SMILES string of the molecule is Clc1ccc(CO/N=C2/CN3CCC2CC3)cc1Cl. The molecule has 3 saturated heterocycles. The maximum Gasteiger partial charge on any atom is 0.142 e. The predicted octanol–water partition coefficient (Wildman–Crippen LogP) is 3.59. The summed E-state index contributed by atoms with van der Waals surface area (Å²) in [5.74, 6) is 0.624. The van der Waals surface area contributed by atoms with Gasteiger partial charge in [0.1, 0.15) is 6.61 Å². The summed E-state index contributed by atoms with van der Waals surface area (Å²) in [6, 6.07) is 5.51. The van der Waals surface area contributed by atoms with Gasteiger partial charge < -0.3 is 4.84 Å². The third-order valence-corrected chi connectivity index (χ3v) is 4.58. The first-order valence-electron chi connectivity index (χ1n) is 6.57. The number of piperidine rings is 3. The lowest BCUT2D eigenvalue weighted by Gasteiger charge is -2.39. The van der Waals surface area contributed by atoms with Crippen LogP contribution in [0, 0.1) is 5.92 Å². The van der Waals surface area contributed by atoms with E-state index in [2.05, 4.69) is 10.1 Å². The maximum absolute atomic E-state index is 5.96. The van der Waals surface area contributed by atoms with E-state index in [-0.39, 0.29) is 0 Å². The Morgan fingerprint density at radius 1 is 1.21 bits per heavy atom. The van der Waals surface area contributed by atoms with Crippen molar-refractivity contribution in [3.63, 3.8) is 0 Å². The number of benzene rings is 1. The minimum absolute atomic E-state index is 0.438. The molecule has 0 unspecified atom stereocenters. The molecule has 0 amide bonds. The van der Waals surface area contributed by atoms with Crippen LogP contribution in [0.25, 0.3) is 0 Å². The summed E-state index contributed by atoms with van der Waals surface area (Å²) < 4.78 is 0. The molecule has 3 aliphatic heterocycles. The molecule has 3 aliphatic rings. The number of rotatable bonds is 3. The molecule has 4 rings (SSSR count). The Morgan fingerprint density at radius 3 is 2.63 bits per heavy atom. The first-order valence-corrected chi connectivity index (χ1v) is 7.33. The highest BCUT2D eigenvalue weighted by molar-refractivity contribution is 6.42. The van der Waals surface area contributed by atoms with Crippen LogP contribution in [0.5, 0.6) is 0 Å². The maximum atomic E-state index is 5.96. The molecule has 102 valence electrons. The van der Waals surface area contributed by atoms with Gasteiger partial charge in [-0.05, 0) is 43.6 Å². The van der Waals surface area contributed by atoms with Crippen LogP contribution in [0.1, 0.15) is 18.4 Å². The molecule has 2 bridgehead atoms. The van der Waals surface area contributed by atoms with Crippen LogP contribution in [-0.4, -0.2) is 30.2 Å². The van der Waals surface area contributed by atoms with Crippen LogP contribution >= 0.6 is 23.2 Å². The molecule has 19 heavy (non-hydrogen) atoms. The van der Waals surface area contributed by atoms with Gasteiger partial charge in [0.15, 0.2) is 0 Å². The standard InChI is InChI=1S/C14H16Cl2N2O/c15-12-2-1-10(7-13(12)16)9-19-17-14-8-18-5-3-11(14)4-6-18/h1-2,7,11H,3-6,8-9H2/b17-14-. The number of halogens is 2. The van der Waals surface area contributed by atoms with Crippen molar-refractivity contribution in [2.75, 3.05) is 19.6 Å². The minimum atomic E-state index is 0.438. The normalized spacial score (nSPS) is 27.8. The number of hydrogen-bond donors (Lipinski definition) is 0. The van der Waals surface area contributed by atoms with Crippen LogP contribution in [0.3, 0.4) is 0 Å². The predicted molar refractivity (Wildman–Crippen MR) is 77.9 cm³/mol. The van der Waals surface area contributed by atoms with E-state index in [1.54, 1.807) is 6.07 Å².